The predicted molar refractivity (Wildman–Crippen MR) is 68.6 cm³/mol. The Morgan fingerprint density at radius 1 is 1.44 bits per heavy atom. The number of hydrogen-bond donors (Lipinski definition) is 1. The molecule has 0 fully saturated rings. The van der Waals surface area contributed by atoms with Gasteiger partial charge in [0.25, 0.3) is 0 Å². The molecule has 88 valence electrons. The number of fused-ring (bicyclic) bond motifs is 1. The smallest absolute Gasteiger partial charge is 0.138 e. The highest BCUT2D eigenvalue weighted by atomic mass is 79.9. The fraction of sp³-hybridized carbons (Fsp3) is 0.500. The van der Waals surface area contributed by atoms with Gasteiger partial charge in [0.05, 0.1) is 4.47 Å². The van der Waals surface area contributed by atoms with E-state index in [9.17, 15) is 0 Å². The van der Waals surface area contributed by atoms with Gasteiger partial charge in [-0.1, -0.05) is 12.1 Å². The van der Waals surface area contributed by atoms with Crippen LogP contribution in [0, 0.1) is 0 Å². The molecule has 0 atom stereocenters. The first kappa shape index (κ1) is 11.9. The van der Waals surface area contributed by atoms with Crippen LogP contribution in [0.15, 0.2) is 22.7 Å². The maximum absolute atomic E-state index is 5.77. The molecule has 0 radical (unpaired) electrons. The number of nitrogens with two attached hydrogens (primary N) is 1. The second-order valence-corrected chi connectivity index (χ2v) is 4.85. The number of rotatable bonds is 3. The minimum Gasteiger partial charge on any atom is -0.491 e. The fourth-order valence-corrected chi connectivity index (χ4v) is 2.46. The molecule has 0 aromatic heterocycles. The molecule has 16 heavy (non-hydrogen) atoms. The maximum Gasteiger partial charge on any atom is 0.138 e. The van der Waals surface area contributed by atoms with Gasteiger partial charge < -0.3 is 10.5 Å². The van der Waals surface area contributed by atoms with Crippen molar-refractivity contribution in [3.05, 3.63) is 28.2 Å². The van der Waals surface area contributed by atoms with Gasteiger partial charge in [0, 0.05) is 18.7 Å². The highest BCUT2D eigenvalue weighted by molar-refractivity contribution is 9.10. The average molecular weight is 285 g/mol. The first-order chi connectivity index (χ1) is 7.81. The molecule has 0 saturated heterocycles. The van der Waals surface area contributed by atoms with Crippen molar-refractivity contribution in [3.63, 3.8) is 0 Å². The SMILES string of the molecule is NCCCN1CCOc2c(Br)cccc2C1. The highest BCUT2D eigenvalue weighted by Gasteiger charge is 2.16. The lowest BCUT2D eigenvalue weighted by Crippen LogP contribution is -2.28. The second kappa shape index (κ2) is 5.66. The van der Waals surface area contributed by atoms with Gasteiger partial charge in [-0.3, -0.25) is 4.90 Å². The van der Waals surface area contributed by atoms with E-state index in [0.717, 1.165) is 49.4 Å². The van der Waals surface area contributed by atoms with E-state index in [1.54, 1.807) is 0 Å². The molecule has 0 saturated carbocycles. The molecule has 0 spiro atoms. The van der Waals surface area contributed by atoms with E-state index < -0.39 is 0 Å². The summed E-state index contributed by atoms with van der Waals surface area (Å²) in [6.45, 7) is 4.48. The number of para-hydroxylation sites is 1. The number of nitrogens with zero attached hydrogens (tertiary/aromatic N) is 1. The maximum atomic E-state index is 5.77. The minimum atomic E-state index is 0.750. The molecule has 2 rings (SSSR count). The lowest BCUT2D eigenvalue weighted by molar-refractivity contribution is 0.224. The summed E-state index contributed by atoms with van der Waals surface area (Å²) in [6.07, 6.45) is 1.04. The summed E-state index contributed by atoms with van der Waals surface area (Å²) in [4.78, 5) is 2.39. The summed E-state index contributed by atoms with van der Waals surface area (Å²) < 4.78 is 6.82. The Morgan fingerprint density at radius 3 is 3.12 bits per heavy atom. The molecule has 1 aromatic rings. The standard InChI is InChI=1S/C12H17BrN2O/c13-11-4-1-3-10-9-15(6-2-5-14)7-8-16-12(10)11/h1,3-4H,2,5-9,14H2. The third-order valence-corrected chi connectivity index (χ3v) is 3.40. The summed E-state index contributed by atoms with van der Waals surface area (Å²) in [7, 11) is 0. The van der Waals surface area contributed by atoms with Gasteiger partial charge in [0.15, 0.2) is 0 Å². The Kier molecular flexibility index (Phi) is 4.21. The zero-order valence-corrected chi connectivity index (χ0v) is 10.9. The van der Waals surface area contributed by atoms with Crippen molar-refractivity contribution in [1.29, 1.82) is 0 Å². The van der Waals surface area contributed by atoms with E-state index in [0.29, 0.717) is 0 Å². The van der Waals surface area contributed by atoms with Crippen LogP contribution >= 0.6 is 15.9 Å². The van der Waals surface area contributed by atoms with E-state index >= 15 is 0 Å². The van der Waals surface area contributed by atoms with E-state index in [-0.39, 0.29) is 0 Å². The van der Waals surface area contributed by atoms with Gasteiger partial charge in [-0.2, -0.15) is 0 Å². The number of ether oxygens (including phenoxy) is 1. The van der Waals surface area contributed by atoms with Crippen LogP contribution < -0.4 is 10.5 Å². The molecule has 1 aromatic carbocycles. The monoisotopic (exact) mass is 284 g/mol. The highest BCUT2D eigenvalue weighted by Crippen LogP contribution is 2.31. The van der Waals surface area contributed by atoms with Crippen LogP contribution in [0.1, 0.15) is 12.0 Å². The summed E-state index contributed by atoms with van der Waals surface area (Å²) in [5.74, 6) is 0.998. The summed E-state index contributed by atoms with van der Waals surface area (Å²) in [6, 6.07) is 6.20. The van der Waals surface area contributed by atoms with Gasteiger partial charge in [-0.25, -0.2) is 0 Å². The predicted octanol–water partition coefficient (Wildman–Crippen LogP) is 1.99. The van der Waals surface area contributed by atoms with E-state index in [1.165, 1.54) is 5.56 Å². The summed E-state index contributed by atoms with van der Waals surface area (Å²) >= 11 is 3.53. The van der Waals surface area contributed by atoms with Crippen LogP contribution in [0.2, 0.25) is 0 Å². The van der Waals surface area contributed by atoms with Crippen molar-refractivity contribution >= 4 is 15.9 Å². The number of halogens is 1. The van der Waals surface area contributed by atoms with Crippen molar-refractivity contribution in [2.75, 3.05) is 26.2 Å². The van der Waals surface area contributed by atoms with Crippen LogP contribution in [0.3, 0.4) is 0 Å². The molecule has 1 aliphatic rings. The summed E-state index contributed by atoms with van der Waals surface area (Å²) in [5.41, 5.74) is 6.79. The van der Waals surface area contributed by atoms with Crippen LogP contribution in [0.5, 0.6) is 5.75 Å². The average Bonchev–Trinajstić information content (AvgIpc) is 2.49. The van der Waals surface area contributed by atoms with E-state index in [1.807, 2.05) is 6.07 Å². The van der Waals surface area contributed by atoms with Crippen molar-refractivity contribution in [2.45, 2.75) is 13.0 Å². The number of benzene rings is 1. The van der Waals surface area contributed by atoms with E-state index in [2.05, 4.69) is 33.0 Å². The molecule has 4 heteroatoms. The van der Waals surface area contributed by atoms with E-state index in [4.69, 9.17) is 10.5 Å². The van der Waals surface area contributed by atoms with Crippen LogP contribution in [0.4, 0.5) is 0 Å². The van der Waals surface area contributed by atoms with Crippen molar-refractivity contribution in [1.82, 2.24) is 4.90 Å². The molecule has 0 bridgehead atoms. The van der Waals surface area contributed by atoms with Gasteiger partial charge in [0.1, 0.15) is 12.4 Å². The molecule has 0 unspecified atom stereocenters. The molecule has 1 aliphatic heterocycles. The Hall–Kier alpha value is -0.580. The Balaban J connectivity index is 2.11. The normalized spacial score (nSPS) is 16.4. The van der Waals surface area contributed by atoms with Crippen molar-refractivity contribution < 1.29 is 4.74 Å². The van der Waals surface area contributed by atoms with Gasteiger partial charge in [-0.15, -0.1) is 0 Å². The zero-order chi connectivity index (χ0) is 11.4. The summed E-state index contributed by atoms with van der Waals surface area (Å²) in [5, 5.41) is 0. The van der Waals surface area contributed by atoms with Crippen LogP contribution in [0.25, 0.3) is 0 Å². The largest absolute Gasteiger partial charge is 0.491 e. The quantitative estimate of drug-likeness (QED) is 0.923. The molecular weight excluding hydrogens is 268 g/mol. The van der Waals surface area contributed by atoms with Gasteiger partial charge in [0.2, 0.25) is 0 Å². The molecule has 2 N–H and O–H groups in total. The Labute approximate surface area is 105 Å². The lowest BCUT2D eigenvalue weighted by atomic mass is 10.2. The van der Waals surface area contributed by atoms with Crippen LogP contribution in [-0.4, -0.2) is 31.1 Å². The topological polar surface area (TPSA) is 38.5 Å². The van der Waals surface area contributed by atoms with Crippen molar-refractivity contribution in [2.24, 2.45) is 5.73 Å². The van der Waals surface area contributed by atoms with Gasteiger partial charge in [-0.05, 0) is 41.5 Å². The first-order valence-electron chi connectivity index (χ1n) is 5.64. The molecule has 1 heterocycles. The number of hydrogen-bond acceptors (Lipinski definition) is 3. The Morgan fingerprint density at radius 2 is 2.31 bits per heavy atom. The van der Waals surface area contributed by atoms with Gasteiger partial charge >= 0.3 is 0 Å². The zero-order valence-electron chi connectivity index (χ0n) is 9.29. The lowest BCUT2D eigenvalue weighted by Gasteiger charge is -2.18. The fourth-order valence-electron chi connectivity index (χ4n) is 1.94. The second-order valence-electron chi connectivity index (χ2n) is 3.99. The van der Waals surface area contributed by atoms with Crippen LogP contribution in [-0.2, 0) is 6.54 Å². The first-order valence-corrected chi connectivity index (χ1v) is 6.43. The molecule has 0 amide bonds. The minimum absolute atomic E-state index is 0.750. The third-order valence-electron chi connectivity index (χ3n) is 2.77. The molecule has 0 aliphatic carbocycles. The molecular formula is C12H17BrN2O. The third kappa shape index (κ3) is 2.75. The Bertz CT molecular complexity index is 357. The van der Waals surface area contributed by atoms with Crippen molar-refractivity contribution in [3.8, 4) is 5.75 Å². The molecule has 3 nitrogen and oxygen atoms in total.